The van der Waals surface area contributed by atoms with Crippen LogP contribution in [-0.4, -0.2) is 26.5 Å². The molecule has 0 fully saturated rings. The first kappa shape index (κ1) is 6.61. The van der Waals surface area contributed by atoms with E-state index in [4.69, 9.17) is 4.74 Å². The third kappa shape index (κ3) is 1.45. The Bertz CT molecular complexity index is 214. The summed E-state index contributed by atoms with van der Waals surface area (Å²) in [5.74, 6) is 0. The zero-order valence-corrected chi connectivity index (χ0v) is 5.89. The molecular weight excluding hydrogens is 140 g/mol. The number of hydrogen-bond acceptors (Lipinski definition) is 3. The first-order chi connectivity index (χ1) is 4.11. The van der Waals surface area contributed by atoms with Gasteiger partial charge in [0.1, 0.15) is 11.9 Å². The largest absolute Gasteiger partial charge is 0.500 e. The molecule has 0 aromatic heterocycles. The van der Waals surface area contributed by atoms with E-state index in [-0.39, 0.29) is 6.61 Å². The van der Waals surface area contributed by atoms with Crippen LogP contribution in [0.3, 0.4) is 0 Å². The lowest BCUT2D eigenvalue weighted by Gasteiger charge is -2.00. The van der Waals surface area contributed by atoms with Crippen LogP contribution in [0.15, 0.2) is 12.3 Å². The van der Waals surface area contributed by atoms with Gasteiger partial charge < -0.3 is 4.74 Å². The highest BCUT2D eigenvalue weighted by molar-refractivity contribution is 7.91. The quantitative estimate of drug-likeness (QED) is 0.523. The van der Waals surface area contributed by atoms with E-state index in [1.165, 1.54) is 12.5 Å². The summed E-state index contributed by atoms with van der Waals surface area (Å²) in [6, 6.07) is 0. The molecule has 52 valence electrons. The number of sulfone groups is 1. The van der Waals surface area contributed by atoms with Crippen LogP contribution in [-0.2, 0) is 14.6 Å². The zero-order valence-electron chi connectivity index (χ0n) is 5.07. The molecule has 0 aromatic carbocycles. The predicted molar refractivity (Wildman–Crippen MR) is 33.7 cm³/mol. The summed E-state index contributed by atoms with van der Waals surface area (Å²) < 4.78 is 26.1. The van der Waals surface area contributed by atoms with E-state index >= 15 is 0 Å². The molecule has 0 radical (unpaired) electrons. The van der Waals surface area contributed by atoms with Crippen molar-refractivity contribution in [2.45, 2.75) is 5.25 Å². The van der Waals surface area contributed by atoms with E-state index in [2.05, 4.69) is 0 Å². The Kier molecular flexibility index (Phi) is 1.48. The lowest BCUT2D eigenvalue weighted by Crippen LogP contribution is -2.18. The Morgan fingerprint density at radius 1 is 1.67 bits per heavy atom. The second-order valence-electron chi connectivity index (χ2n) is 2.03. The molecule has 1 atom stereocenters. The van der Waals surface area contributed by atoms with Gasteiger partial charge in [0.15, 0.2) is 9.84 Å². The van der Waals surface area contributed by atoms with Crippen molar-refractivity contribution in [2.75, 3.05) is 12.9 Å². The second kappa shape index (κ2) is 2.02. The minimum absolute atomic E-state index is 0.277. The maximum absolute atomic E-state index is 10.7. The van der Waals surface area contributed by atoms with Gasteiger partial charge in [-0.15, -0.1) is 0 Å². The molecule has 0 N–H and O–H groups in total. The van der Waals surface area contributed by atoms with Crippen LogP contribution < -0.4 is 0 Å². The van der Waals surface area contributed by atoms with Crippen LogP contribution in [0.4, 0.5) is 0 Å². The molecule has 9 heavy (non-hydrogen) atoms. The van der Waals surface area contributed by atoms with Gasteiger partial charge in [0, 0.05) is 6.26 Å². The van der Waals surface area contributed by atoms with E-state index in [9.17, 15) is 8.42 Å². The Labute approximate surface area is 54.2 Å². The molecule has 0 saturated heterocycles. The first-order valence-corrected chi connectivity index (χ1v) is 4.53. The van der Waals surface area contributed by atoms with Gasteiger partial charge in [-0.05, 0) is 6.08 Å². The lowest BCUT2D eigenvalue weighted by molar-refractivity contribution is 0.282. The van der Waals surface area contributed by atoms with Crippen LogP contribution in [0.5, 0.6) is 0 Å². The molecule has 0 aliphatic carbocycles. The Hall–Kier alpha value is -0.510. The Morgan fingerprint density at radius 3 is 2.56 bits per heavy atom. The van der Waals surface area contributed by atoms with E-state index in [0.29, 0.717) is 0 Å². The topological polar surface area (TPSA) is 43.4 Å². The number of rotatable bonds is 1. The fourth-order valence-corrected chi connectivity index (χ4v) is 1.29. The van der Waals surface area contributed by atoms with Crippen molar-refractivity contribution < 1.29 is 13.2 Å². The smallest absolute Gasteiger partial charge is 0.157 e. The summed E-state index contributed by atoms with van der Waals surface area (Å²) in [4.78, 5) is 0. The van der Waals surface area contributed by atoms with Gasteiger partial charge in [0.2, 0.25) is 0 Å². The van der Waals surface area contributed by atoms with E-state index in [0.717, 1.165) is 0 Å². The highest BCUT2D eigenvalue weighted by atomic mass is 32.2. The number of ether oxygens (including phenoxy) is 1. The molecule has 1 unspecified atom stereocenters. The van der Waals surface area contributed by atoms with Crippen molar-refractivity contribution in [3.05, 3.63) is 12.3 Å². The average molecular weight is 148 g/mol. The molecular formula is C5H8O3S. The van der Waals surface area contributed by atoms with Crippen molar-refractivity contribution in [2.24, 2.45) is 0 Å². The summed E-state index contributed by atoms with van der Waals surface area (Å²) in [6.07, 6.45) is 4.18. The Balaban J connectivity index is 2.76. The monoisotopic (exact) mass is 148 g/mol. The standard InChI is InChI=1S/C5H8O3S/c1-9(6,7)5-2-3-8-4-5/h2-3,5H,4H2,1H3. The highest BCUT2D eigenvalue weighted by Crippen LogP contribution is 2.07. The third-order valence-corrected chi connectivity index (χ3v) is 2.59. The minimum atomic E-state index is -2.91. The summed E-state index contributed by atoms with van der Waals surface area (Å²) in [6.45, 7) is 0.277. The van der Waals surface area contributed by atoms with Crippen LogP contribution in [0.25, 0.3) is 0 Å². The van der Waals surface area contributed by atoms with E-state index in [1.807, 2.05) is 0 Å². The average Bonchev–Trinajstić information content (AvgIpc) is 2.08. The van der Waals surface area contributed by atoms with Crippen LogP contribution in [0, 0.1) is 0 Å². The maximum Gasteiger partial charge on any atom is 0.157 e. The van der Waals surface area contributed by atoms with Crippen molar-refractivity contribution in [3.8, 4) is 0 Å². The first-order valence-electron chi connectivity index (χ1n) is 2.58. The normalized spacial score (nSPS) is 26.1. The van der Waals surface area contributed by atoms with Crippen LogP contribution >= 0.6 is 0 Å². The van der Waals surface area contributed by atoms with Crippen LogP contribution in [0.2, 0.25) is 0 Å². The highest BCUT2D eigenvalue weighted by Gasteiger charge is 2.20. The minimum Gasteiger partial charge on any atom is -0.500 e. The maximum atomic E-state index is 10.7. The fraction of sp³-hybridized carbons (Fsp3) is 0.600. The van der Waals surface area contributed by atoms with E-state index < -0.39 is 15.1 Å². The van der Waals surface area contributed by atoms with Gasteiger partial charge in [-0.2, -0.15) is 0 Å². The van der Waals surface area contributed by atoms with Crippen molar-refractivity contribution in [3.63, 3.8) is 0 Å². The summed E-state index contributed by atoms with van der Waals surface area (Å²) >= 11 is 0. The molecule has 1 rings (SSSR count). The lowest BCUT2D eigenvalue weighted by atomic mass is 10.5. The van der Waals surface area contributed by atoms with Gasteiger partial charge in [-0.3, -0.25) is 0 Å². The second-order valence-corrected chi connectivity index (χ2v) is 4.29. The van der Waals surface area contributed by atoms with Gasteiger partial charge in [-0.1, -0.05) is 0 Å². The Morgan fingerprint density at radius 2 is 2.33 bits per heavy atom. The summed E-state index contributed by atoms with van der Waals surface area (Å²) in [5.41, 5.74) is 0. The predicted octanol–water partition coefficient (Wildman–Crippen LogP) is -0.0565. The molecule has 0 bridgehead atoms. The van der Waals surface area contributed by atoms with Gasteiger partial charge in [0.25, 0.3) is 0 Å². The number of hydrogen-bond donors (Lipinski definition) is 0. The van der Waals surface area contributed by atoms with Crippen LogP contribution in [0.1, 0.15) is 0 Å². The fourth-order valence-electron chi connectivity index (χ4n) is 0.615. The molecule has 0 amide bonds. The third-order valence-electron chi connectivity index (χ3n) is 1.20. The van der Waals surface area contributed by atoms with Gasteiger partial charge >= 0.3 is 0 Å². The van der Waals surface area contributed by atoms with Crippen molar-refractivity contribution in [1.29, 1.82) is 0 Å². The van der Waals surface area contributed by atoms with Gasteiger partial charge in [-0.25, -0.2) is 8.42 Å². The summed E-state index contributed by atoms with van der Waals surface area (Å²) in [7, 11) is -2.91. The van der Waals surface area contributed by atoms with Crippen molar-refractivity contribution >= 4 is 9.84 Å². The van der Waals surface area contributed by atoms with Crippen molar-refractivity contribution in [1.82, 2.24) is 0 Å². The molecule has 3 nitrogen and oxygen atoms in total. The molecule has 0 spiro atoms. The molecule has 1 aliphatic rings. The molecule has 0 saturated carbocycles. The molecule has 1 heterocycles. The molecule has 1 aliphatic heterocycles. The molecule has 0 aromatic rings. The van der Waals surface area contributed by atoms with E-state index in [1.54, 1.807) is 6.08 Å². The van der Waals surface area contributed by atoms with Gasteiger partial charge in [0.05, 0.1) is 6.26 Å². The SMILES string of the molecule is CS(=O)(=O)C1C=COC1. The summed E-state index contributed by atoms with van der Waals surface area (Å²) in [5, 5.41) is -0.419. The molecule has 4 heteroatoms. The zero-order chi connectivity index (χ0) is 6.91.